The Bertz CT molecular complexity index is 486. The lowest BCUT2D eigenvalue weighted by atomic mass is 10.0. The van der Waals surface area contributed by atoms with Gasteiger partial charge in [-0.1, -0.05) is 19.9 Å². The van der Waals surface area contributed by atoms with E-state index >= 15 is 0 Å². The van der Waals surface area contributed by atoms with Crippen LogP contribution in [0.1, 0.15) is 25.0 Å². The van der Waals surface area contributed by atoms with Crippen LogP contribution in [0.4, 0.5) is 10.5 Å². The molecule has 1 aromatic rings. The molecular formula is C13H20N4O2. The molecule has 6 heteroatoms. The van der Waals surface area contributed by atoms with Gasteiger partial charge >= 0.3 is 6.03 Å². The number of hydrogen-bond acceptors (Lipinski definition) is 3. The summed E-state index contributed by atoms with van der Waals surface area (Å²) in [5, 5.41) is 24.7. The Morgan fingerprint density at radius 1 is 1.32 bits per heavy atom. The molecule has 0 unspecified atom stereocenters. The predicted molar refractivity (Wildman–Crippen MR) is 75.8 cm³/mol. The third-order valence-electron chi connectivity index (χ3n) is 2.84. The summed E-state index contributed by atoms with van der Waals surface area (Å²) < 4.78 is 0. The minimum atomic E-state index is -0.505. The lowest BCUT2D eigenvalue weighted by Gasteiger charge is -2.16. The summed E-state index contributed by atoms with van der Waals surface area (Å²) in [6.07, 6.45) is 1.35. The monoisotopic (exact) mass is 264 g/mol. The zero-order valence-corrected chi connectivity index (χ0v) is 11.4. The molecule has 0 aliphatic carbocycles. The van der Waals surface area contributed by atoms with Crippen LogP contribution in [0, 0.1) is 5.41 Å². The van der Waals surface area contributed by atoms with Gasteiger partial charge in [0.25, 0.3) is 0 Å². The summed E-state index contributed by atoms with van der Waals surface area (Å²) in [6.45, 7) is 3.89. The van der Waals surface area contributed by atoms with Gasteiger partial charge in [-0.05, 0) is 24.5 Å². The van der Waals surface area contributed by atoms with E-state index in [2.05, 4.69) is 16.0 Å². The number of nitrogens with one attached hydrogen (secondary N) is 4. The van der Waals surface area contributed by atoms with Crippen molar-refractivity contribution in [2.75, 3.05) is 12.4 Å². The third-order valence-corrected chi connectivity index (χ3v) is 2.84. The summed E-state index contributed by atoms with van der Waals surface area (Å²) in [5.74, 6) is 0.0763. The number of carbonyl (C=O) groups is 1. The number of urea groups is 1. The number of phenols is 1. The van der Waals surface area contributed by atoms with Crippen LogP contribution in [0.3, 0.4) is 0 Å². The highest BCUT2D eigenvalue weighted by molar-refractivity contribution is 6.02. The molecule has 0 radical (unpaired) electrons. The SMILES string of the molecule is CCc1ccc(O)c(CC)c1NC(=O)NC(=N)NC. The maximum atomic E-state index is 11.7. The molecule has 1 rings (SSSR count). The van der Waals surface area contributed by atoms with E-state index in [4.69, 9.17) is 5.41 Å². The van der Waals surface area contributed by atoms with E-state index < -0.39 is 6.03 Å². The van der Waals surface area contributed by atoms with Gasteiger partial charge < -0.3 is 15.7 Å². The Kier molecular flexibility index (Phi) is 5.17. The molecule has 0 saturated carbocycles. The van der Waals surface area contributed by atoms with Crippen LogP contribution < -0.4 is 16.0 Å². The van der Waals surface area contributed by atoms with Gasteiger partial charge in [0.05, 0.1) is 5.69 Å². The summed E-state index contributed by atoms with van der Waals surface area (Å²) >= 11 is 0. The third kappa shape index (κ3) is 3.61. The Hall–Kier alpha value is -2.24. The van der Waals surface area contributed by atoms with Gasteiger partial charge in [0, 0.05) is 12.6 Å². The Morgan fingerprint density at radius 3 is 2.53 bits per heavy atom. The van der Waals surface area contributed by atoms with Crippen molar-refractivity contribution in [3.05, 3.63) is 23.3 Å². The number of guanidine groups is 1. The van der Waals surface area contributed by atoms with Crippen molar-refractivity contribution >= 4 is 17.7 Å². The van der Waals surface area contributed by atoms with Crippen molar-refractivity contribution in [1.82, 2.24) is 10.6 Å². The Morgan fingerprint density at radius 2 is 2.00 bits per heavy atom. The Balaban J connectivity index is 3.01. The van der Waals surface area contributed by atoms with Gasteiger partial charge in [-0.25, -0.2) is 4.79 Å². The topological polar surface area (TPSA) is 97.2 Å². The summed E-state index contributed by atoms with van der Waals surface area (Å²) in [7, 11) is 1.55. The number of benzene rings is 1. The predicted octanol–water partition coefficient (Wildman–Crippen LogP) is 1.79. The number of phenolic OH excluding ortho intramolecular Hbond substituents is 1. The molecule has 5 N–H and O–H groups in total. The largest absolute Gasteiger partial charge is 0.508 e. The average Bonchev–Trinajstić information content (AvgIpc) is 2.39. The summed E-state index contributed by atoms with van der Waals surface area (Å²) in [5.41, 5.74) is 2.26. The highest BCUT2D eigenvalue weighted by Gasteiger charge is 2.13. The quantitative estimate of drug-likeness (QED) is 0.425. The van der Waals surface area contributed by atoms with Crippen molar-refractivity contribution in [3.63, 3.8) is 0 Å². The van der Waals surface area contributed by atoms with Crippen molar-refractivity contribution in [1.29, 1.82) is 5.41 Å². The van der Waals surface area contributed by atoms with Crippen LogP contribution in [0.5, 0.6) is 5.75 Å². The van der Waals surface area contributed by atoms with Gasteiger partial charge in [0.15, 0.2) is 5.96 Å². The zero-order valence-electron chi connectivity index (χ0n) is 11.4. The lowest BCUT2D eigenvalue weighted by Crippen LogP contribution is -2.40. The highest BCUT2D eigenvalue weighted by atomic mass is 16.3. The van der Waals surface area contributed by atoms with E-state index in [1.54, 1.807) is 19.2 Å². The average molecular weight is 264 g/mol. The fraction of sp³-hybridized carbons (Fsp3) is 0.385. The number of anilines is 1. The smallest absolute Gasteiger partial charge is 0.326 e. The first kappa shape index (κ1) is 14.8. The number of carbonyl (C=O) groups excluding carboxylic acids is 1. The maximum absolute atomic E-state index is 11.7. The molecule has 2 amide bonds. The molecule has 0 aromatic heterocycles. The van der Waals surface area contributed by atoms with Crippen LogP contribution >= 0.6 is 0 Å². The van der Waals surface area contributed by atoms with Crippen molar-refractivity contribution < 1.29 is 9.90 Å². The van der Waals surface area contributed by atoms with Crippen molar-refractivity contribution in [2.45, 2.75) is 26.7 Å². The lowest BCUT2D eigenvalue weighted by molar-refractivity contribution is 0.256. The number of hydrogen-bond donors (Lipinski definition) is 5. The molecule has 0 fully saturated rings. The fourth-order valence-corrected chi connectivity index (χ4v) is 1.81. The van der Waals surface area contributed by atoms with E-state index in [1.165, 1.54) is 0 Å². The first-order valence-corrected chi connectivity index (χ1v) is 6.21. The summed E-state index contributed by atoms with van der Waals surface area (Å²) in [4.78, 5) is 11.7. The second-order valence-electron chi connectivity index (χ2n) is 4.01. The second-order valence-corrected chi connectivity index (χ2v) is 4.01. The van der Waals surface area contributed by atoms with Gasteiger partial charge in [0.1, 0.15) is 5.75 Å². The van der Waals surface area contributed by atoms with Gasteiger partial charge in [-0.15, -0.1) is 0 Å². The minimum absolute atomic E-state index is 0.0891. The normalized spacial score (nSPS) is 9.84. The van der Waals surface area contributed by atoms with Crippen LogP contribution in [-0.2, 0) is 12.8 Å². The molecular weight excluding hydrogens is 244 g/mol. The molecule has 6 nitrogen and oxygen atoms in total. The minimum Gasteiger partial charge on any atom is -0.508 e. The van der Waals surface area contributed by atoms with E-state index in [0.29, 0.717) is 17.7 Å². The number of rotatable bonds is 3. The van der Waals surface area contributed by atoms with Crippen LogP contribution in [0.15, 0.2) is 12.1 Å². The highest BCUT2D eigenvalue weighted by Crippen LogP contribution is 2.30. The van der Waals surface area contributed by atoms with E-state index in [1.807, 2.05) is 13.8 Å². The molecule has 0 atom stereocenters. The molecule has 0 bridgehead atoms. The van der Waals surface area contributed by atoms with Crippen molar-refractivity contribution in [3.8, 4) is 5.75 Å². The molecule has 1 aromatic carbocycles. The molecule has 0 spiro atoms. The fourth-order valence-electron chi connectivity index (χ4n) is 1.81. The van der Waals surface area contributed by atoms with Crippen molar-refractivity contribution in [2.24, 2.45) is 0 Å². The molecule has 104 valence electrons. The van der Waals surface area contributed by atoms with E-state index in [-0.39, 0.29) is 11.7 Å². The van der Waals surface area contributed by atoms with Crippen LogP contribution in [0.25, 0.3) is 0 Å². The maximum Gasteiger partial charge on any atom is 0.326 e. The molecule has 0 saturated heterocycles. The van der Waals surface area contributed by atoms with E-state index in [9.17, 15) is 9.90 Å². The van der Waals surface area contributed by atoms with Crippen LogP contribution in [0.2, 0.25) is 0 Å². The second kappa shape index (κ2) is 6.63. The number of aromatic hydroxyl groups is 1. The van der Waals surface area contributed by atoms with Gasteiger partial charge in [-0.3, -0.25) is 10.7 Å². The molecule has 0 aliphatic rings. The van der Waals surface area contributed by atoms with Gasteiger partial charge in [-0.2, -0.15) is 0 Å². The number of amides is 2. The van der Waals surface area contributed by atoms with Crippen LogP contribution in [-0.4, -0.2) is 24.1 Å². The first-order valence-electron chi connectivity index (χ1n) is 6.21. The Labute approximate surface area is 112 Å². The van der Waals surface area contributed by atoms with E-state index in [0.717, 1.165) is 12.0 Å². The summed E-state index contributed by atoms with van der Waals surface area (Å²) in [6, 6.07) is 2.92. The number of aryl methyl sites for hydroxylation is 1. The first-order chi connectivity index (χ1) is 9.03. The zero-order chi connectivity index (χ0) is 14.4. The molecule has 19 heavy (non-hydrogen) atoms. The van der Waals surface area contributed by atoms with Gasteiger partial charge in [0.2, 0.25) is 0 Å². The molecule has 0 heterocycles. The molecule has 0 aliphatic heterocycles. The standard InChI is InChI=1S/C13H20N4O2/c1-4-8-6-7-10(18)9(5-2)11(8)16-13(19)17-12(14)15-3/h6-7,18H,4-5H2,1-3H3,(H4,14,15,16,17,19).